The summed E-state index contributed by atoms with van der Waals surface area (Å²) in [6.07, 6.45) is 16.6. The van der Waals surface area contributed by atoms with Gasteiger partial charge in [0.25, 0.3) is 0 Å². The largest absolute Gasteiger partial charge is 0.206 e. The normalized spacial score (nSPS) is 20.6. The summed E-state index contributed by atoms with van der Waals surface area (Å²) in [5, 5.41) is 1.86. The van der Waals surface area contributed by atoms with Crippen LogP contribution in [0.2, 0.25) is 0 Å². The second-order valence-electron chi connectivity index (χ2n) is 8.31. The van der Waals surface area contributed by atoms with Crippen LogP contribution in [0, 0.1) is 11.7 Å². The van der Waals surface area contributed by atoms with Gasteiger partial charge in [0.05, 0.1) is 0 Å². The molecule has 0 aromatic heterocycles. The highest BCUT2D eigenvalue weighted by molar-refractivity contribution is 5.84. The number of hydrogen-bond acceptors (Lipinski definition) is 0. The first kappa shape index (κ1) is 20.1. The maximum atomic E-state index is 15.2. The molecule has 0 nitrogen and oxygen atoms in total. The average Bonchev–Trinajstić information content (AvgIpc) is 2.69. The standard InChI is InChI=1S/C26H35F/c1-3-5-7-9-20-11-14-22(15-12-20)24-18-16-23-19-21(10-8-6-4-2)13-17-25(23)26(24)27/h7,9,13,16-20,22H,3-6,8,10-12,14-15H2,1-2H3/b9-7+. The topological polar surface area (TPSA) is 0 Å². The van der Waals surface area contributed by atoms with Gasteiger partial charge in [0.15, 0.2) is 0 Å². The molecule has 0 saturated heterocycles. The lowest BCUT2D eigenvalue weighted by Gasteiger charge is -2.27. The predicted molar refractivity (Wildman–Crippen MR) is 116 cm³/mol. The highest BCUT2D eigenvalue weighted by atomic mass is 19.1. The zero-order valence-corrected chi connectivity index (χ0v) is 17.1. The summed E-state index contributed by atoms with van der Waals surface area (Å²) in [5.41, 5.74) is 2.28. The fourth-order valence-electron chi connectivity index (χ4n) is 4.49. The Labute approximate surface area is 164 Å². The third-order valence-electron chi connectivity index (χ3n) is 6.19. The van der Waals surface area contributed by atoms with E-state index in [4.69, 9.17) is 0 Å². The minimum Gasteiger partial charge on any atom is -0.206 e. The fourth-order valence-corrected chi connectivity index (χ4v) is 4.49. The third kappa shape index (κ3) is 5.21. The van der Waals surface area contributed by atoms with E-state index in [0.717, 1.165) is 35.6 Å². The van der Waals surface area contributed by atoms with Crippen molar-refractivity contribution in [3.05, 3.63) is 59.4 Å². The number of unbranched alkanes of at least 4 members (excludes halogenated alkanes) is 3. The van der Waals surface area contributed by atoms with E-state index in [0.29, 0.717) is 11.8 Å². The molecule has 2 aromatic carbocycles. The molecule has 27 heavy (non-hydrogen) atoms. The van der Waals surface area contributed by atoms with Crippen LogP contribution < -0.4 is 0 Å². The van der Waals surface area contributed by atoms with E-state index in [1.165, 1.54) is 50.5 Å². The maximum Gasteiger partial charge on any atom is 0.134 e. The first-order valence-electron chi connectivity index (χ1n) is 11.1. The summed E-state index contributed by atoms with van der Waals surface area (Å²) in [6, 6.07) is 10.5. The highest BCUT2D eigenvalue weighted by Gasteiger charge is 2.23. The van der Waals surface area contributed by atoms with Crippen LogP contribution in [0.15, 0.2) is 42.5 Å². The molecular formula is C26H35F. The molecule has 0 spiro atoms. The molecule has 0 bridgehead atoms. The Balaban J connectivity index is 1.69. The van der Waals surface area contributed by atoms with Gasteiger partial charge in [-0.3, -0.25) is 0 Å². The molecule has 0 atom stereocenters. The molecule has 0 heterocycles. The Morgan fingerprint density at radius 1 is 0.963 bits per heavy atom. The molecule has 3 rings (SSSR count). The lowest BCUT2D eigenvalue weighted by molar-refractivity contribution is 0.368. The Morgan fingerprint density at radius 3 is 2.52 bits per heavy atom. The van der Waals surface area contributed by atoms with Crippen LogP contribution in [0.5, 0.6) is 0 Å². The molecular weight excluding hydrogens is 331 g/mol. The Bertz CT molecular complexity index is 750. The minimum absolute atomic E-state index is 0.0255. The van der Waals surface area contributed by atoms with E-state index in [1.54, 1.807) is 0 Å². The van der Waals surface area contributed by atoms with Crippen molar-refractivity contribution in [2.75, 3.05) is 0 Å². The lowest BCUT2D eigenvalue weighted by Crippen LogP contribution is -2.13. The van der Waals surface area contributed by atoms with E-state index < -0.39 is 0 Å². The first-order valence-corrected chi connectivity index (χ1v) is 11.1. The van der Waals surface area contributed by atoms with Gasteiger partial charge in [-0.15, -0.1) is 0 Å². The van der Waals surface area contributed by atoms with E-state index in [2.05, 4.69) is 50.3 Å². The Kier molecular flexibility index (Phi) is 7.50. The maximum absolute atomic E-state index is 15.2. The fraction of sp³-hybridized carbons (Fsp3) is 0.538. The van der Waals surface area contributed by atoms with Gasteiger partial charge in [0.1, 0.15) is 5.82 Å². The molecule has 0 amide bonds. The van der Waals surface area contributed by atoms with Crippen LogP contribution >= 0.6 is 0 Å². The van der Waals surface area contributed by atoms with Gasteiger partial charge in [-0.2, -0.15) is 0 Å². The zero-order valence-electron chi connectivity index (χ0n) is 17.1. The molecule has 0 unspecified atom stereocenters. The molecule has 0 aliphatic heterocycles. The van der Waals surface area contributed by atoms with E-state index in [1.807, 2.05) is 6.07 Å². The highest BCUT2D eigenvalue weighted by Crippen LogP contribution is 2.39. The molecule has 1 fully saturated rings. The average molecular weight is 367 g/mol. The van der Waals surface area contributed by atoms with Crippen molar-refractivity contribution in [1.82, 2.24) is 0 Å². The van der Waals surface area contributed by atoms with Crippen molar-refractivity contribution >= 4 is 10.8 Å². The smallest absolute Gasteiger partial charge is 0.134 e. The van der Waals surface area contributed by atoms with Gasteiger partial charge in [0, 0.05) is 5.39 Å². The van der Waals surface area contributed by atoms with Crippen LogP contribution in [0.25, 0.3) is 10.8 Å². The predicted octanol–water partition coefficient (Wildman–Crippen LogP) is 8.34. The summed E-state index contributed by atoms with van der Waals surface area (Å²) in [4.78, 5) is 0. The monoisotopic (exact) mass is 366 g/mol. The van der Waals surface area contributed by atoms with Crippen molar-refractivity contribution in [2.45, 2.75) is 84.0 Å². The molecule has 1 heteroatoms. The van der Waals surface area contributed by atoms with Crippen LogP contribution in [0.3, 0.4) is 0 Å². The first-order chi connectivity index (χ1) is 13.2. The van der Waals surface area contributed by atoms with Crippen LogP contribution in [-0.2, 0) is 6.42 Å². The molecule has 0 N–H and O–H groups in total. The van der Waals surface area contributed by atoms with Gasteiger partial charge in [-0.05, 0) is 73.3 Å². The zero-order chi connectivity index (χ0) is 19.1. The Hall–Kier alpha value is -1.63. The number of halogens is 1. The number of aryl methyl sites for hydroxylation is 1. The van der Waals surface area contributed by atoms with Crippen LogP contribution in [0.4, 0.5) is 4.39 Å². The summed E-state index contributed by atoms with van der Waals surface area (Å²) in [6.45, 7) is 4.45. The van der Waals surface area contributed by atoms with Gasteiger partial charge in [0.2, 0.25) is 0 Å². The van der Waals surface area contributed by atoms with Crippen LogP contribution in [-0.4, -0.2) is 0 Å². The summed E-state index contributed by atoms with van der Waals surface area (Å²) in [7, 11) is 0. The van der Waals surface area contributed by atoms with Crippen molar-refractivity contribution in [3.8, 4) is 0 Å². The van der Waals surface area contributed by atoms with E-state index in [9.17, 15) is 0 Å². The molecule has 1 saturated carbocycles. The summed E-state index contributed by atoms with van der Waals surface area (Å²) < 4.78 is 15.2. The number of fused-ring (bicyclic) bond motifs is 1. The van der Waals surface area contributed by atoms with Gasteiger partial charge < -0.3 is 0 Å². The number of hydrogen-bond donors (Lipinski definition) is 0. The number of rotatable bonds is 8. The second-order valence-corrected chi connectivity index (χ2v) is 8.31. The summed E-state index contributed by atoms with van der Waals surface area (Å²) in [5.74, 6) is 1.11. The molecule has 2 aromatic rings. The number of benzene rings is 2. The molecule has 1 aliphatic rings. The van der Waals surface area contributed by atoms with Gasteiger partial charge >= 0.3 is 0 Å². The molecule has 0 radical (unpaired) electrons. The summed E-state index contributed by atoms with van der Waals surface area (Å²) >= 11 is 0. The van der Waals surface area contributed by atoms with Crippen molar-refractivity contribution in [2.24, 2.45) is 5.92 Å². The van der Waals surface area contributed by atoms with Crippen molar-refractivity contribution in [3.63, 3.8) is 0 Å². The van der Waals surface area contributed by atoms with E-state index >= 15 is 4.39 Å². The second kappa shape index (κ2) is 10.1. The van der Waals surface area contributed by atoms with E-state index in [-0.39, 0.29) is 5.82 Å². The van der Waals surface area contributed by atoms with Gasteiger partial charge in [-0.1, -0.05) is 75.6 Å². The van der Waals surface area contributed by atoms with Crippen LogP contribution in [0.1, 0.15) is 88.7 Å². The molecule has 1 aliphatic carbocycles. The quantitative estimate of drug-likeness (QED) is 0.325. The van der Waals surface area contributed by atoms with Gasteiger partial charge in [-0.25, -0.2) is 4.39 Å². The SMILES string of the molecule is CCC/C=C/C1CCC(c2ccc3cc(CCCCC)ccc3c2F)CC1. The Morgan fingerprint density at radius 2 is 1.78 bits per heavy atom. The third-order valence-corrected chi connectivity index (χ3v) is 6.19. The van der Waals surface area contributed by atoms with Crippen molar-refractivity contribution < 1.29 is 4.39 Å². The van der Waals surface area contributed by atoms with Crippen molar-refractivity contribution in [1.29, 1.82) is 0 Å². The lowest BCUT2D eigenvalue weighted by atomic mass is 9.78. The number of allylic oxidation sites excluding steroid dienone is 2. The molecule has 146 valence electrons. The minimum atomic E-state index is 0.0255.